The molecule has 1 amide bonds. The normalized spacial score (nSPS) is 20.2. The van der Waals surface area contributed by atoms with Crippen LogP contribution in [0.15, 0.2) is 0 Å². The summed E-state index contributed by atoms with van der Waals surface area (Å²) in [5.74, 6) is 0.192. The lowest BCUT2D eigenvalue weighted by molar-refractivity contribution is -0.132. The Balaban J connectivity index is 2.33. The highest BCUT2D eigenvalue weighted by atomic mass is 16.3. The monoisotopic (exact) mass is 242 g/mol. The molecule has 0 bridgehead atoms. The van der Waals surface area contributed by atoms with E-state index in [2.05, 4.69) is 26.1 Å². The molecule has 0 radical (unpaired) electrons. The molecule has 4 heteroatoms. The Hall–Kier alpha value is -0.610. The van der Waals surface area contributed by atoms with Crippen molar-refractivity contribution in [2.24, 2.45) is 0 Å². The van der Waals surface area contributed by atoms with Gasteiger partial charge < -0.3 is 15.3 Å². The molecule has 1 rings (SSSR count). The first-order valence-electron chi connectivity index (χ1n) is 6.59. The Morgan fingerprint density at radius 2 is 2.06 bits per heavy atom. The third kappa shape index (κ3) is 6.03. The fourth-order valence-electron chi connectivity index (χ4n) is 1.97. The smallest absolute Gasteiger partial charge is 0.222 e. The van der Waals surface area contributed by atoms with Gasteiger partial charge in [0.05, 0.1) is 6.10 Å². The first kappa shape index (κ1) is 14.5. The van der Waals surface area contributed by atoms with Crippen LogP contribution in [-0.4, -0.2) is 47.2 Å². The van der Waals surface area contributed by atoms with Crippen LogP contribution < -0.4 is 5.32 Å². The molecule has 1 unspecified atom stereocenters. The first-order valence-corrected chi connectivity index (χ1v) is 6.59. The second kappa shape index (κ2) is 6.36. The fraction of sp³-hybridized carbons (Fsp3) is 0.923. The highest BCUT2D eigenvalue weighted by Gasteiger charge is 2.20. The van der Waals surface area contributed by atoms with Gasteiger partial charge in [-0.3, -0.25) is 4.79 Å². The Morgan fingerprint density at radius 3 is 2.71 bits per heavy atom. The molecule has 2 N–H and O–H groups in total. The van der Waals surface area contributed by atoms with Crippen molar-refractivity contribution >= 4 is 5.91 Å². The van der Waals surface area contributed by atoms with Gasteiger partial charge in [-0.2, -0.15) is 0 Å². The molecule has 100 valence electrons. The number of carbonyl (C=O) groups is 1. The van der Waals surface area contributed by atoms with Crippen molar-refractivity contribution in [3.8, 4) is 0 Å². The summed E-state index contributed by atoms with van der Waals surface area (Å²) in [6.45, 7) is 7.99. The molecule has 0 aromatic rings. The summed E-state index contributed by atoms with van der Waals surface area (Å²) in [7, 11) is 0. The zero-order chi connectivity index (χ0) is 12.9. The Kier molecular flexibility index (Phi) is 5.40. The first-order chi connectivity index (χ1) is 7.88. The molecule has 4 nitrogen and oxygen atoms in total. The van der Waals surface area contributed by atoms with Crippen molar-refractivity contribution in [2.75, 3.05) is 19.6 Å². The van der Waals surface area contributed by atoms with Gasteiger partial charge in [-0.1, -0.05) is 6.42 Å². The van der Waals surface area contributed by atoms with E-state index in [1.807, 2.05) is 4.90 Å². The number of aliphatic hydroxyl groups excluding tert-OH is 1. The van der Waals surface area contributed by atoms with E-state index >= 15 is 0 Å². The molecule has 0 saturated carbocycles. The van der Waals surface area contributed by atoms with Crippen LogP contribution in [-0.2, 0) is 4.79 Å². The summed E-state index contributed by atoms with van der Waals surface area (Å²) in [4.78, 5) is 13.6. The Morgan fingerprint density at radius 1 is 1.35 bits per heavy atom. The fourth-order valence-corrected chi connectivity index (χ4v) is 1.97. The molecule has 0 aliphatic carbocycles. The van der Waals surface area contributed by atoms with E-state index in [4.69, 9.17) is 0 Å². The van der Waals surface area contributed by atoms with Gasteiger partial charge >= 0.3 is 0 Å². The van der Waals surface area contributed by atoms with Crippen LogP contribution in [0.4, 0.5) is 0 Å². The standard InChI is InChI=1S/C13H26N2O2/c1-13(2,3)14-9-11(16)10-15-8-6-4-5-7-12(15)17/h11,14,16H,4-10H2,1-3H3. The molecule has 0 aromatic carbocycles. The van der Waals surface area contributed by atoms with Crippen LogP contribution in [0.5, 0.6) is 0 Å². The Labute approximate surface area is 104 Å². The summed E-state index contributed by atoms with van der Waals surface area (Å²) in [5, 5.41) is 13.2. The molecule has 1 heterocycles. The maximum Gasteiger partial charge on any atom is 0.222 e. The maximum atomic E-state index is 11.7. The number of nitrogens with one attached hydrogen (secondary N) is 1. The largest absolute Gasteiger partial charge is 0.390 e. The second-order valence-corrected chi connectivity index (χ2v) is 5.94. The maximum absolute atomic E-state index is 11.7. The molecule has 1 aliphatic heterocycles. The summed E-state index contributed by atoms with van der Waals surface area (Å²) in [5.41, 5.74) is 0.00375. The Bertz CT molecular complexity index is 248. The van der Waals surface area contributed by atoms with E-state index in [-0.39, 0.29) is 11.4 Å². The molecule has 1 aliphatic rings. The van der Waals surface area contributed by atoms with Gasteiger partial charge in [-0.25, -0.2) is 0 Å². The number of hydrogen-bond acceptors (Lipinski definition) is 3. The predicted molar refractivity (Wildman–Crippen MR) is 68.8 cm³/mol. The SMILES string of the molecule is CC(C)(C)NCC(O)CN1CCCCCC1=O. The molecule has 1 atom stereocenters. The van der Waals surface area contributed by atoms with Crippen molar-refractivity contribution in [2.45, 2.75) is 58.1 Å². The third-order valence-corrected chi connectivity index (χ3v) is 2.97. The predicted octanol–water partition coefficient (Wildman–Crippen LogP) is 1.14. The van der Waals surface area contributed by atoms with Crippen LogP contribution in [0.1, 0.15) is 46.5 Å². The number of hydrogen-bond donors (Lipinski definition) is 2. The van der Waals surface area contributed by atoms with Gasteiger partial charge in [0.1, 0.15) is 0 Å². The molecular weight excluding hydrogens is 216 g/mol. The lowest BCUT2D eigenvalue weighted by atomic mass is 10.1. The zero-order valence-electron chi connectivity index (χ0n) is 11.3. The van der Waals surface area contributed by atoms with Crippen molar-refractivity contribution in [1.82, 2.24) is 10.2 Å². The van der Waals surface area contributed by atoms with Crippen LogP contribution in [0.3, 0.4) is 0 Å². The van der Waals surface area contributed by atoms with E-state index in [1.54, 1.807) is 0 Å². The molecule has 17 heavy (non-hydrogen) atoms. The van der Waals surface area contributed by atoms with Gasteiger partial charge in [0.15, 0.2) is 0 Å². The van der Waals surface area contributed by atoms with Crippen LogP contribution in [0, 0.1) is 0 Å². The van der Waals surface area contributed by atoms with E-state index in [1.165, 1.54) is 0 Å². The van der Waals surface area contributed by atoms with Gasteiger partial charge in [0.2, 0.25) is 5.91 Å². The summed E-state index contributed by atoms with van der Waals surface area (Å²) in [6, 6.07) is 0. The summed E-state index contributed by atoms with van der Waals surface area (Å²) >= 11 is 0. The second-order valence-electron chi connectivity index (χ2n) is 5.94. The van der Waals surface area contributed by atoms with Crippen molar-refractivity contribution in [1.29, 1.82) is 0 Å². The van der Waals surface area contributed by atoms with Crippen molar-refractivity contribution in [3.63, 3.8) is 0 Å². The highest BCUT2D eigenvalue weighted by Crippen LogP contribution is 2.11. The van der Waals surface area contributed by atoms with Crippen LogP contribution in [0.2, 0.25) is 0 Å². The molecule has 0 spiro atoms. The van der Waals surface area contributed by atoms with E-state index in [0.717, 1.165) is 25.8 Å². The zero-order valence-corrected chi connectivity index (χ0v) is 11.3. The summed E-state index contributed by atoms with van der Waals surface area (Å²) in [6.07, 6.45) is 3.34. The van der Waals surface area contributed by atoms with E-state index < -0.39 is 6.10 Å². The van der Waals surface area contributed by atoms with Crippen molar-refractivity contribution in [3.05, 3.63) is 0 Å². The number of carbonyl (C=O) groups excluding carboxylic acids is 1. The van der Waals surface area contributed by atoms with Crippen LogP contribution in [0.25, 0.3) is 0 Å². The molecule has 1 saturated heterocycles. The number of aliphatic hydroxyl groups is 1. The number of amides is 1. The van der Waals surface area contributed by atoms with Gasteiger partial charge in [-0.05, 0) is 33.6 Å². The number of rotatable bonds is 4. The van der Waals surface area contributed by atoms with Crippen molar-refractivity contribution < 1.29 is 9.90 Å². The quantitative estimate of drug-likeness (QED) is 0.777. The molecule has 0 aromatic heterocycles. The average Bonchev–Trinajstić information content (AvgIpc) is 2.41. The lowest BCUT2D eigenvalue weighted by Gasteiger charge is -2.27. The summed E-state index contributed by atoms with van der Waals surface area (Å²) < 4.78 is 0. The topological polar surface area (TPSA) is 52.6 Å². The minimum atomic E-state index is -0.476. The number of nitrogens with zero attached hydrogens (tertiary/aromatic N) is 1. The third-order valence-electron chi connectivity index (χ3n) is 2.97. The van der Waals surface area contributed by atoms with Gasteiger partial charge in [-0.15, -0.1) is 0 Å². The average molecular weight is 242 g/mol. The van der Waals surface area contributed by atoms with E-state index in [0.29, 0.717) is 19.5 Å². The minimum absolute atomic E-state index is 0.00375. The number of likely N-dealkylation sites (tertiary alicyclic amines) is 1. The van der Waals surface area contributed by atoms with Gasteiger partial charge in [0.25, 0.3) is 0 Å². The van der Waals surface area contributed by atoms with E-state index in [9.17, 15) is 9.90 Å². The molecule has 1 fully saturated rings. The van der Waals surface area contributed by atoms with Gasteiger partial charge in [0, 0.05) is 31.6 Å². The highest BCUT2D eigenvalue weighted by molar-refractivity contribution is 5.76. The van der Waals surface area contributed by atoms with Crippen LogP contribution >= 0.6 is 0 Å². The molecular formula is C13H26N2O2. The lowest BCUT2D eigenvalue weighted by Crippen LogP contribution is -2.46. The minimum Gasteiger partial charge on any atom is -0.390 e. The number of β-amino-alcohol motifs (C(OH)–C–C–N with tert-alkyl or cyclic N) is 1.